The highest BCUT2D eigenvalue weighted by Gasteiger charge is 2.51. The molecule has 13 heteroatoms. The Morgan fingerprint density at radius 1 is 1.15 bits per heavy atom. The van der Waals surface area contributed by atoms with Crippen molar-refractivity contribution in [3.8, 4) is 10.8 Å². The average Bonchev–Trinajstić information content (AvgIpc) is 3.81. The largest absolute Gasteiger partial charge is 0.496 e. The summed E-state index contributed by atoms with van der Waals surface area (Å²) in [5.74, 6) is -0.733. The van der Waals surface area contributed by atoms with Crippen LogP contribution in [0.2, 0.25) is 0 Å². The van der Waals surface area contributed by atoms with Crippen molar-refractivity contribution in [1.82, 2.24) is 19.6 Å². The molecule has 1 aromatic carbocycles. The summed E-state index contributed by atoms with van der Waals surface area (Å²) in [4.78, 5) is 33.0. The highest BCUT2D eigenvalue weighted by Crippen LogP contribution is 2.46. The number of aromatic nitrogens is 2. The molecule has 0 bridgehead atoms. The minimum absolute atomic E-state index is 0.0172. The summed E-state index contributed by atoms with van der Waals surface area (Å²) in [6.45, 7) is 6.40. The molecule has 1 saturated heterocycles. The van der Waals surface area contributed by atoms with Gasteiger partial charge in [-0.1, -0.05) is 11.3 Å². The SMILES string of the molecule is COc1ccc(F)cc1[C@H](CN1c2sc(-n3cccn3)c(C)c2C(=O)N(C(C)(C)C(=O)N2CCCC2)C1O)OC1CCC(O)CC1. The maximum Gasteiger partial charge on any atom is 0.261 e. The van der Waals surface area contributed by atoms with Crippen LogP contribution in [0.5, 0.6) is 5.75 Å². The fraction of sp³-hybridized carbons (Fsp3) is 0.545. The van der Waals surface area contributed by atoms with Gasteiger partial charge in [0.2, 0.25) is 12.3 Å². The predicted octanol–water partition coefficient (Wildman–Crippen LogP) is 4.39. The van der Waals surface area contributed by atoms with Crippen LogP contribution in [0.15, 0.2) is 36.7 Å². The van der Waals surface area contributed by atoms with E-state index < -0.39 is 35.8 Å². The van der Waals surface area contributed by atoms with E-state index in [1.165, 1.54) is 35.5 Å². The molecule has 1 aliphatic carbocycles. The van der Waals surface area contributed by atoms with Gasteiger partial charge in [-0.05, 0) is 83.6 Å². The number of thiophene rings is 1. The van der Waals surface area contributed by atoms with Crippen molar-refractivity contribution in [2.75, 3.05) is 31.6 Å². The normalized spacial score (nSPS) is 22.7. The average molecular weight is 656 g/mol. The zero-order valence-electron chi connectivity index (χ0n) is 26.7. The van der Waals surface area contributed by atoms with Crippen LogP contribution in [0.4, 0.5) is 9.39 Å². The number of rotatable bonds is 9. The Labute approximate surface area is 272 Å². The zero-order valence-corrected chi connectivity index (χ0v) is 27.5. The van der Waals surface area contributed by atoms with E-state index in [1.807, 2.05) is 6.92 Å². The number of likely N-dealkylation sites (tertiary alicyclic amines) is 1. The number of aliphatic hydroxyl groups excluding tert-OH is 2. The number of carbonyl (C=O) groups excluding carboxylic acids is 2. The molecule has 2 fully saturated rings. The molecule has 2 atom stereocenters. The first-order valence-corrected chi connectivity index (χ1v) is 16.7. The highest BCUT2D eigenvalue weighted by atomic mass is 32.1. The van der Waals surface area contributed by atoms with Crippen LogP contribution in [0.1, 0.15) is 80.0 Å². The molecule has 1 saturated carbocycles. The van der Waals surface area contributed by atoms with Gasteiger partial charge in [-0.3, -0.25) is 14.5 Å². The smallest absolute Gasteiger partial charge is 0.261 e. The molecule has 0 radical (unpaired) electrons. The number of amides is 2. The van der Waals surface area contributed by atoms with E-state index in [2.05, 4.69) is 5.10 Å². The Bertz CT molecular complexity index is 1560. The third kappa shape index (κ3) is 5.89. The van der Waals surface area contributed by atoms with Crippen molar-refractivity contribution in [2.24, 2.45) is 0 Å². The maximum absolute atomic E-state index is 14.8. The Morgan fingerprint density at radius 3 is 2.52 bits per heavy atom. The summed E-state index contributed by atoms with van der Waals surface area (Å²) < 4.78 is 28.8. The lowest BCUT2D eigenvalue weighted by molar-refractivity contribution is -0.146. The van der Waals surface area contributed by atoms with E-state index in [0.717, 1.165) is 12.8 Å². The Balaban J connectivity index is 1.45. The highest BCUT2D eigenvalue weighted by molar-refractivity contribution is 7.19. The molecule has 3 aromatic rings. The predicted molar refractivity (Wildman–Crippen MR) is 171 cm³/mol. The third-order valence-corrected chi connectivity index (χ3v) is 10.8. The molecule has 3 aliphatic rings. The van der Waals surface area contributed by atoms with Crippen LogP contribution < -0.4 is 9.64 Å². The van der Waals surface area contributed by atoms with Crippen LogP contribution in [-0.2, 0) is 9.53 Å². The first-order valence-electron chi connectivity index (χ1n) is 15.9. The molecule has 0 spiro atoms. The molecule has 4 heterocycles. The van der Waals surface area contributed by atoms with Crippen molar-refractivity contribution in [3.05, 3.63) is 59.2 Å². The number of ether oxygens (including phenoxy) is 2. The van der Waals surface area contributed by atoms with Crippen LogP contribution in [0.3, 0.4) is 0 Å². The fourth-order valence-corrected chi connectivity index (χ4v) is 8.18. The molecular formula is C33H42FN5O6S. The first kappa shape index (κ1) is 32.4. The fourth-order valence-electron chi connectivity index (χ4n) is 6.91. The van der Waals surface area contributed by atoms with E-state index in [1.54, 1.807) is 52.9 Å². The number of methoxy groups -OCH3 is 1. The van der Waals surface area contributed by atoms with Crippen molar-refractivity contribution < 1.29 is 33.7 Å². The van der Waals surface area contributed by atoms with Gasteiger partial charge in [-0.15, -0.1) is 0 Å². The van der Waals surface area contributed by atoms with Crippen molar-refractivity contribution in [1.29, 1.82) is 0 Å². The molecule has 2 N–H and O–H groups in total. The van der Waals surface area contributed by atoms with Crippen molar-refractivity contribution in [2.45, 2.75) is 89.5 Å². The second-order valence-electron chi connectivity index (χ2n) is 12.8. The monoisotopic (exact) mass is 655 g/mol. The second kappa shape index (κ2) is 12.9. The number of aliphatic hydroxyl groups is 2. The molecule has 2 amide bonds. The van der Waals surface area contributed by atoms with E-state index in [9.17, 15) is 24.2 Å². The minimum Gasteiger partial charge on any atom is -0.496 e. The van der Waals surface area contributed by atoms with Crippen molar-refractivity contribution >= 4 is 28.2 Å². The number of carbonyl (C=O) groups is 2. The lowest BCUT2D eigenvalue weighted by atomic mass is 9.94. The quantitative estimate of drug-likeness (QED) is 0.349. The van der Waals surface area contributed by atoms with Gasteiger partial charge in [-0.25, -0.2) is 9.07 Å². The number of hydrogen-bond donors (Lipinski definition) is 2. The molecule has 248 valence electrons. The zero-order chi connectivity index (χ0) is 32.7. The number of halogens is 1. The molecule has 2 aromatic heterocycles. The number of anilines is 1. The topological polar surface area (TPSA) is 121 Å². The van der Waals surface area contributed by atoms with Crippen molar-refractivity contribution in [3.63, 3.8) is 0 Å². The summed E-state index contributed by atoms with van der Waals surface area (Å²) in [7, 11) is 1.50. The Morgan fingerprint density at radius 2 is 1.87 bits per heavy atom. The lowest BCUT2D eigenvalue weighted by Gasteiger charge is -2.49. The molecule has 2 aliphatic heterocycles. The number of nitrogens with zero attached hydrogens (tertiary/aromatic N) is 5. The van der Waals surface area contributed by atoms with Gasteiger partial charge in [0.1, 0.15) is 33.2 Å². The Hall–Kier alpha value is -3.52. The maximum atomic E-state index is 14.8. The molecule has 1 unspecified atom stereocenters. The van der Waals surface area contributed by atoms with Crippen LogP contribution in [0, 0.1) is 12.7 Å². The molecule has 6 rings (SSSR count). The first-order chi connectivity index (χ1) is 22.0. The summed E-state index contributed by atoms with van der Waals surface area (Å²) >= 11 is 1.31. The van der Waals surface area contributed by atoms with Gasteiger partial charge < -0.3 is 29.5 Å². The summed E-state index contributed by atoms with van der Waals surface area (Å²) in [6.07, 6.45) is 4.67. The minimum atomic E-state index is -1.54. The lowest BCUT2D eigenvalue weighted by Crippen LogP contribution is -2.67. The number of fused-ring (bicyclic) bond motifs is 1. The summed E-state index contributed by atoms with van der Waals surface area (Å²) in [5.41, 5.74) is 0.110. The van der Waals surface area contributed by atoms with E-state index in [0.29, 0.717) is 71.2 Å². The molecular weight excluding hydrogens is 613 g/mol. The number of hydrogen-bond acceptors (Lipinski definition) is 9. The van der Waals surface area contributed by atoms with E-state index in [4.69, 9.17) is 9.47 Å². The second-order valence-corrected chi connectivity index (χ2v) is 13.8. The summed E-state index contributed by atoms with van der Waals surface area (Å²) in [6, 6.07) is 6.02. The van der Waals surface area contributed by atoms with Crippen LogP contribution in [0.25, 0.3) is 5.00 Å². The van der Waals surface area contributed by atoms with Gasteiger partial charge in [0.25, 0.3) is 5.91 Å². The van der Waals surface area contributed by atoms with E-state index in [-0.39, 0.29) is 18.6 Å². The van der Waals surface area contributed by atoms with Gasteiger partial charge in [-0.2, -0.15) is 5.10 Å². The third-order valence-electron chi connectivity index (χ3n) is 9.44. The van der Waals surface area contributed by atoms with Gasteiger partial charge in [0.15, 0.2) is 0 Å². The number of benzene rings is 1. The van der Waals surface area contributed by atoms with Gasteiger partial charge in [0, 0.05) is 36.6 Å². The van der Waals surface area contributed by atoms with Crippen LogP contribution in [-0.4, -0.2) is 92.5 Å². The molecule has 11 nitrogen and oxygen atoms in total. The van der Waals surface area contributed by atoms with Gasteiger partial charge >= 0.3 is 0 Å². The van der Waals surface area contributed by atoms with Crippen LogP contribution >= 0.6 is 11.3 Å². The standard InChI is InChI=1S/C33H42FN5O6S/c1-20-27-28(41)39(33(2,3)31(42)36-15-5-6-16-36)32(43)37(30(27)46-29(20)38-17-7-14-35-38)19-26(45-23-11-9-22(40)10-12-23)24-18-21(34)8-13-25(24)44-4/h7-8,13-14,17-18,22-23,26,32,40,43H,5-6,9-12,15-16,19H2,1-4H3/t22?,23?,26-,32?/m0/s1. The van der Waals surface area contributed by atoms with Gasteiger partial charge in [0.05, 0.1) is 31.4 Å². The Kier molecular flexibility index (Phi) is 9.12. The summed E-state index contributed by atoms with van der Waals surface area (Å²) in [5, 5.41) is 27.9. The molecule has 46 heavy (non-hydrogen) atoms. The van der Waals surface area contributed by atoms with E-state index >= 15 is 0 Å².